The molecule has 3 aromatic rings. The van der Waals surface area contributed by atoms with Gasteiger partial charge in [-0.3, -0.25) is 4.90 Å². The van der Waals surface area contributed by atoms with Gasteiger partial charge in [0.25, 0.3) is 5.78 Å². The first-order valence-corrected chi connectivity index (χ1v) is 7.30. The molecule has 6 nitrogen and oxygen atoms in total. The normalized spacial score (nSPS) is 12.9. The average molecular weight is 297 g/mol. The van der Waals surface area contributed by atoms with E-state index in [9.17, 15) is 5.11 Å². The Bertz CT molecular complexity index is 694. The number of hydrogen-bond acceptors (Lipinski definition) is 5. The van der Waals surface area contributed by atoms with E-state index in [4.69, 9.17) is 0 Å². The standard InChI is InChI=1S/C16H19N5O/c1-20(11-8-14(22)13-6-3-2-4-7-13)12-15-18-16-17-9-5-10-21(16)19-15/h2-7,9-10,14,22H,8,11-12H2,1H3. The van der Waals surface area contributed by atoms with E-state index in [1.807, 2.05) is 49.6 Å². The molecule has 0 amide bonds. The summed E-state index contributed by atoms with van der Waals surface area (Å²) in [6.45, 7) is 1.39. The van der Waals surface area contributed by atoms with Gasteiger partial charge in [-0.2, -0.15) is 4.98 Å². The summed E-state index contributed by atoms with van der Waals surface area (Å²) in [5.74, 6) is 1.34. The van der Waals surface area contributed by atoms with E-state index in [0.717, 1.165) is 17.9 Å². The van der Waals surface area contributed by atoms with Crippen LogP contribution in [0.3, 0.4) is 0 Å². The van der Waals surface area contributed by atoms with Gasteiger partial charge in [0, 0.05) is 18.9 Å². The second-order valence-electron chi connectivity index (χ2n) is 5.35. The SMILES string of the molecule is CN(CCC(O)c1ccccc1)Cc1nc2ncccn2n1. The summed E-state index contributed by atoms with van der Waals surface area (Å²) in [4.78, 5) is 10.6. The van der Waals surface area contributed by atoms with Gasteiger partial charge in [0.05, 0.1) is 12.6 Å². The van der Waals surface area contributed by atoms with E-state index >= 15 is 0 Å². The van der Waals surface area contributed by atoms with Crippen molar-refractivity contribution in [1.82, 2.24) is 24.5 Å². The lowest BCUT2D eigenvalue weighted by Crippen LogP contribution is -2.21. The Morgan fingerprint density at radius 1 is 1.23 bits per heavy atom. The number of aromatic nitrogens is 4. The van der Waals surface area contributed by atoms with Crippen LogP contribution in [0.5, 0.6) is 0 Å². The minimum Gasteiger partial charge on any atom is -0.388 e. The van der Waals surface area contributed by atoms with E-state index in [1.54, 1.807) is 10.7 Å². The van der Waals surface area contributed by atoms with Crippen LogP contribution in [0.2, 0.25) is 0 Å². The van der Waals surface area contributed by atoms with Crippen LogP contribution < -0.4 is 0 Å². The Morgan fingerprint density at radius 3 is 2.82 bits per heavy atom. The molecule has 1 N–H and O–H groups in total. The van der Waals surface area contributed by atoms with Gasteiger partial charge in [-0.05, 0) is 25.1 Å². The van der Waals surface area contributed by atoms with Gasteiger partial charge in [-0.1, -0.05) is 30.3 Å². The number of benzene rings is 1. The molecule has 0 fully saturated rings. The van der Waals surface area contributed by atoms with Crippen LogP contribution >= 0.6 is 0 Å². The topological polar surface area (TPSA) is 66.5 Å². The highest BCUT2D eigenvalue weighted by Gasteiger charge is 2.11. The highest BCUT2D eigenvalue weighted by Crippen LogP contribution is 2.16. The van der Waals surface area contributed by atoms with E-state index in [2.05, 4.69) is 20.0 Å². The van der Waals surface area contributed by atoms with Crippen molar-refractivity contribution in [2.45, 2.75) is 19.1 Å². The van der Waals surface area contributed by atoms with Crippen molar-refractivity contribution in [1.29, 1.82) is 0 Å². The zero-order chi connectivity index (χ0) is 15.4. The van der Waals surface area contributed by atoms with Gasteiger partial charge in [0.15, 0.2) is 5.82 Å². The molecule has 1 atom stereocenters. The van der Waals surface area contributed by atoms with Crippen LogP contribution in [-0.2, 0) is 6.54 Å². The third-order valence-corrected chi connectivity index (χ3v) is 3.54. The maximum absolute atomic E-state index is 10.2. The highest BCUT2D eigenvalue weighted by molar-refractivity contribution is 5.24. The first-order valence-electron chi connectivity index (χ1n) is 7.30. The fourth-order valence-corrected chi connectivity index (χ4v) is 2.35. The molecule has 0 radical (unpaired) electrons. The van der Waals surface area contributed by atoms with E-state index in [1.165, 1.54) is 0 Å². The second-order valence-corrected chi connectivity index (χ2v) is 5.35. The van der Waals surface area contributed by atoms with Crippen LogP contribution in [0, 0.1) is 0 Å². The van der Waals surface area contributed by atoms with E-state index < -0.39 is 6.10 Å². The first kappa shape index (κ1) is 14.6. The van der Waals surface area contributed by atoms with Crippen LogP contribution in [-0.4, -0.2) is 43.2 Å². The lowest BCUT2D eigenvalue weighted by atomic mass is 10.1. The van der Waals surface area contributed by atoms with Crippen molar-refractivity contribution in [2.24, 2.45) is 0 Å². The second kappa shape index (κ2) is 6.64. The number of nitrogens with zero attached hydrogens (tertiary/aromatic N) is 5. The van der Waals surface area contributed by atoms with Crippen molar-refractivity contribution in [3.8, 4) is 0 Å². The van der Waals surface area contributed by atoms with Crippen molar-refractivity contribution in [3.63, 3.8) is 0 Å². The van der Waals surface area contributed by atoms with Gasteiger partial charge in [-0.25, -0.2) is 9.50 Å². The average Bonchev–Trinajstić information content (AvgIpc) is 2.95. The number of hydrogen-bond donors (Lipinski definition) is 1. The molecule has 3 rings (SSSR count). The third kappa shape index (κ3) is 3.47. The highest BCUT2D eigenvalue weighted by atomic mass is 16.3. The zero-order valence-electron chi connectivity index (χ0n) is 12.5. The summed E-state index contributed by atoms with van der Waals surface area (Å²) < 4.78 is 1.67. The molecule has 6 heteroatoms. The van der Waals surface area contributed by atoms with Gasteiger partial charge in [0.1, 0.15) is 0 Å². The lowest BCUT2D eigenvalue weighted by Gasteiger charge is -2.17. The molecule has 0 aliphatic rings. The molecule has 0 bridgehead atoms. The summed E-state index contributed by atoms with van der Waals surface area (Å²) in [7, 11) is 2.00. The zero-order valence-corrected chi connectivity index (χ0v) is 12.5. The fraction of sp³-hybridized carbons (Fsp3) is 0.312. The Hall–Kier alpha value is -2.31. The van der Waals surface area contributed by atoms with E-state index in [0.29, 0.717) is 18.7 Å². The largest absolute Gasteiger partial charge is 0.388 e. The van der Waals surface area contributed by atoms with E-state index in [-0.39, 0.29) is 0 Å². The lowest BCUT2D eigenvalue weighted by molar-refractivity contribution is 0.147. The Labute approximate surface area is 129 Å². The van der Waals surface area contributed by atoms with Gasteiger partial charge >= 0.3 is 0 Å². The summed E-state index contributed by atoms with van der Waals surface area (Å²) in [6.07, 6.45) is 3.76. The number of aliphatic hydroxyl groups excluding tert-OH is 1. The van der Waals surface area contributed by atoms with Crippen LogP contribution in [0.4, 0.5) is 0 Å². The van der Waals surface area contributed by atoms with Gasteiger partial charge in [-0.15, -0.1) is 5.10 Å². The van der Waals surface area contributed by atoms with Crippen LogP contribution in [0.1, 0.15) is 23.9 Å². The maximum atomic E-state index is 10.2. The molecule has 0 saturated heterocycles. The van der Waals surface area contributed by atoms with Crippen molar-refractivity contribution >= 4 is 5.78 Å². The molecular formula is C16H19N5O. The monoisotopic (exact) mass is 297 g/mol. The van der Waals surface area contributed by atoms with Crippen molar-refractivity contribution in [2.75, 3.05) is 13.6 Å². The third-order valence-electron chi connectivity index (χ3n) is 3.54. The Morgan fingerprint density at radius 2 is 2.05 bits per heavy atom. The summed E-state index contributed by atoms with van der Waals surface area (Å²) in [6, 6.07) is 11.5. The summed E-state index contributed by atoms with van der Waals surface area (Å²) >= 11 is 0. The summed E-state index contributed by atoms with van der Waals surface area (Å²) in [5.41, 5.74) is 0.950. The fourth-order valence-electron chi connectivity index (χ4n) is 2.35. The van der Waals surface area contributed by atoms with Gasteiger partial charge < -0.3 is 5.11 Å². The molecule has 0 saturated carbocycles. The van der Waals surface area contributed by atoms with Crippen molar-refractivity contribution < 1.29 is 5.11 Å². The number of aliphatic hydroxyl groups is 1. The van der Waals surface area contributed by atoms with Crippen molar-refractivity contribution in [3.05, 3.63) is 60.2 Å². The molecule has 1 aromatic carbocycles. The summed E-state index contributed by atoms with van der Waals surface area (Å²) in [5, 5.41) is 14.6. The predicted molar refractivity (Wildman–Crippen MR) is 83.1 cm³/mol. The van der Waals surface area contributed by atoms with Crippen LogP contribution in [0.15, 0.2) is 48.8 Å². The minimum atomic E-state index is -0.445. The molecular weight excluding hydrogens is 278 g/mol. The maximum Gasteiger partial charge on any atom is 0.252 e. The molecule has 2 heterocycles. The Balaban J connectivity index is 1.55. The number of fused-ring (bicyclic) bond motifs is 1. The molecule has 0 aliphatic carbocycles. The van der Waals surface area contributed by atoms with Gasteiger partial charge in [0.2, 0.25) is 0 Å². The molecule has 1 unspecified atom stereocenters. The predicted octanol–water partition coefficient (Wildman–Crippen LogP) is 1.68. The molecule has 0 spiro atoms. The number of rotatable bonds is 6. The molecule has 2 aromatic heterocycles. The minimum absolute atomic E-state index is 0.445. The molecule has 0 aliphatic heterocycles. The quantitative estimate of drug-likeness (QED) is 0.750. The smallest absolute Gasteiger partial charge is 0.252 e. The molecule has 22 heavy (non-hydrogen) atoms. The Kier molecular flexibility index (Phi) is 4.41. The molecule has 114 valence electrons. The van der Waals surface area contributed by atoms with Crippen LogP contribution in [0.25, 0.3) is 5.78 Å². The first-order chi connectivity index (χ1) is 10.7.